The zero-order valence-electron chi connectivity index (χ0n) is 16.3. The standard InChI is InChI=1S/C18H38O2Si2/c1-9-22(10-2,11-3)20-17-15-13-12-14-16-19-21(7,8)18(4,5)6/h9-11,14-17H2,1-8H3. The maximum absolute atomic E-state index is 6.19. The van der Waals surface area contributed by atoms with E-state index in [1.807, 2.05) is 0 Å². The normalized spacial score (nSPS) is 12.9. The van der Waals surface area contributed by atoms with Crippen molar-refractivity contribution < 1.29 is 8.85 Å². The highest BCUT2D eigenvalue weighted by atomic mass is 28.4. The van der Waals surface area contributed by atoms with E-state index in [-0.39, 0.29) is 5.04 Å². The maximum atomic E-state index is 6.19. The fraction of sp³-hybridized carbons (Fsp3) is 0.889. The van der Waals surface area contributed by atoms with Crippen LogP contribution in [0.5, 0.6) is 0 Å². The van der Waals surface area contributed by atoms with Gasteiger partial charge in [-0.05, 0) is 36.3 Å². The molecule has 0 rings (SSSR count). The van der Waals surface area contributed by atoms with E-state index in [0.29, 0.717) is 0 Å². The third-order valence-corrected chi connectivity index (χ3v) is 14.4. The van der Waals surface area contributed by atoms with E-state index < -0.39 is 16.6 Å². The first-order valence-corrected chi connectivity index (χ1v) is 14.3. The monoisotopic (exact) mass is 342 g/mol. The molecule has 0 fully saturated rings. The van der Waals surface area contributed by atoms with Crippen LogP contribution in [-0.2, 0) is 8.85 Å². The van der Waals surface area contributed by atoms with Crippen LogP contribution >= 0.6 is 0 Å². The molecule has 0 heterocycles. The Bertz CT molecular complexity index is 337. The summed E-state index contributed by atoms with van der Waals surface area (Å²) in [5.41, 5.74) is 0. The highest BCUT2D eigenvalue weighted by molar-refractivity contribution is 6.74. The van der Waals surface area contributed by atoms with Gasteiger partial charge in [-0.15, -0.1) is 11.8 Å². The highest BCUT2D eigenvalue weighted by Crippen LogP contribution is 2.36. The van der Waals surface area contributed by atoms with Gasteiger partial charge in [-0.1, -0.05) is 41.5 Å². The molecule has 0 aromatic rings. The van der Waals surface area contributed by atoms with Crippen molar-refractivity contribution in [2.75, 3.05) is 13.2 Å². The molecule has 0 aromatic carbocycles. The summed E-state index contributed by atoms with van der Waals surface area (Å²) < 4.78 is 12.3. The van der Waals surface area contributed by atoms with Gasteiger partial charge >= 0.3 is 0 Å². The molecule has 0 spiro atoms. The lowest BCUT2D eigenvalue weighted by Gasteiger charge is -2.35. The molecule has 4 heteroatoms. The van der Waals surface area contributed by atoms with Crippen molar-refractivity contribution in [2.45, 2.75) is 90.6 Å². The van der Waals surface area contributed by atoms with Gasteiger partial charge in [0, 0.05) is 26.1 Å². The summed E-state index contributed by atoms with van der Waals surface area (Å²) in [4.78, 5) is 0. The minimum Gasteiger partial charge on any atom is -0.416 e. The average molecular weight is 343 g/mol. The third-order valence-electron chi connectivity index (χ3n) is 5.19. The van der Waals surface area contributed by atoms with E-state index in [4.69, 9.17) is 8.85 Å². The SMILES string of the molecule is CC[Si](CC)(CC)OCCC#CCCO[Si](C)(C)C(C)(C)C. The molecule has 0 aliphatic carbocycles. The first kappa shape index (κ1) is 21.9. The van der Waals surface area contributed by atoms with Gasteiger partial charge in [-0.2, -0.15) is 0 Å². The Balaban J connectivity index is 3.97. The van der Waals surface area contributed by atoms with Crippen LogP contribution in [-0.4, -0.2) is 29.8 Å². The maximum Gasteiger partial charge on any atom is 0.192 e. The fourth-order valence-corrected chi connectivity index (χ4v) is 5.82. The smallest absolute Gasteiger partial charge is 0.192 e. The van der Waals surface area contributed by atoms with Gasteiger partial charge in [0.2, 0.25) is 0 Å². The van der Waals surface area contributed by atoms with Crippen LogP contribution in [0.15, 0.2) is 0 Å². The van der Waals surface area contributed by atoms with E-state index in [2.05, 4.69) is 66.5 Å². The molecule has 2 nitrogen and oxygen atoms in total. The number of rotatable bonds is 9. The predicted molar refractivity (Wildman–Crippen MR) is 103 cm³/mol. The van der Waals surface area contributed by atoms with Crippen LogP contribution in [0.4, 0.5) is 0 Å². The molecule has 130 valence electrons. The van der Waals surface area contributed by atoms with Crippen LogP contribution < -0.4 is 0 Å². The van der Waals surface area contributed by atoms with Crippen molar-refractivity contribution in [2.24, 2.45) is 0 Å². The van der Waals surface area contributed by atoms with Crippen molar-refractivity contribution in [3.8, 4) is 11.8 Å². The highest BCUT2D eigenvalue weighted by Gasteiger charge is 2.36. The Morgan fingerprint density at radius 3 is 1.55 bits per heavy atom. The van der Waals surface area contributed by atoms with Crippen LogP contribution in [0.1, 0.15) is 54.4 Å². The minimum atomic E-state index is -1.61. The summed E-state index contributed by atoms with van der Waals surface area (Å²) in [6, 6.07) is 3.65. The Morgan fingerprint density at radius 2 is 1.18 bits per heavy atom. The molecule has 0 saturated carbocycles. The van der Waals surface area contributed by atoms with Gasteiger partial charge in [0.05, 0.1) is 0 Å². The quantitative estimate of drug-likeness (QED) is 0.299. The second-order valence-electron chi connectivity index (χ2n) is 7.55. The van der Waals surface area contributed by atoms with Crippen molar-refractivity contribution in [1.29, 1.82) is 0 Å². The second kappa shape index (κ2) is 9.92. The first-order chi connectivity index (χ1) is 10.1. The zero-order valence-corrected chi connectivity index (χ0v) is 18.3. The van der Waals surface area contributed by atoms with Crippen molar-refractivity contribution in [1.82, 2.24) is 0 Å². The van der Waals surface area contributed by atoms with Crippen molar-refractivity contribution in [3.05, 3.63) is 0 Å². The van der Waals surface area contributed by atoms with Gasteiger partial charge in [0.15, 0.2) is 16.6 Å². The average Bonchev–Trinajstić information content (AvgIpc) is 2.45. The molecular formula is C18H38O2Si2. The second-order valence-corrected chi connectivity index (χ2v) is 17.1. The van der Waals surface area contributed by atoms with Gasteiger partial charge < -0.3 is 8.85 Å². The molecule has 0 saturated heterocycles. The lowest BCUT2D eigenvalue weighted by molar-refractivity contribution is 0.296. The number of hydrogen-bond acceptors (Lipinski definition) is 2. The summed E-state index contributed by atoms with van der Waals surface area (Å²) in [7, 11) is -3.03. The predicted octanol–water partition coefficient (Wildman–Crippen LogP) is 5.81. The molecule has 0 atom stereocenters. The Kier molecular flexibility index (Phi) is 9.88. The zero-order chi connectivity index (χ0) is 17.3. The van der Waals surface area contributed by atoms with Crippen molar-refractivity contribution in [3.63, 3.8) is 0 Å². The van der Waals surface area contributed by atoms with Crippen molar-refractivity contribution >= 4 is 16.6 Å². The first-order valence-electron chi connectivity index (χ1n) is 8.87. The summed E-state index contributed by atoms with van der Waals surface area (Å²) in [6.07, 6.45) is 1.69. The molecule has 0 amide bonds. The molecule has 0 radical (unpaired) electrons. The topological polar surface area (TPSA) is 18.5 Å². The van der Waals surface area contributed by atoms with Gasteiger partial charge in [0.25, 0.3) is 0 Å². The largest absolute Gasteiger partial charge is 0.416 e. The number of hydrogen-bond donors (Lipinski definition) is 0. The molecule has 0 aromatic heterocycles. The van der Waals surface area contributed by atoms with Crippen LogP contribution in [0.2, 0.25) is 36.3 Å². The van der Waals surface area contributed by atoms with E-state index >= 15 is 0 Å². The van der Waals surface area contributed by atoms with Crippen LogP contribution in [0.25, 0.3) is 0 Å². The van der Waals surface area contributed by atoms with Crippen LogP contribution in [0, 0.1) is 11.8 Å². The lowest BCUT2D eigenvalue weighted by Crippen LogP contribution is -2.40. The van der Waals surface area contributed by atoms with E-state index in [1.54, 1.807) is 0 Å². The van der Waals surface area contributed by atoms with E-state index in [1.165, 1.54) is 18.1 Å². The third kappa shape index (κ3) is 7.45. The van der Waals surface area contributed by atoms with Crippen LogP contribution in [0.3, 0.4) is 0 Å². The molecule has 0 aliphatic heterocycles. The summed E-state index contributed by atoms with van der Waals surface area (Å²) in [5.74, 6) is 6.47. The Hall–Kier alpha value is -0.0862. The minimum absolute atomic E-state index is 0.280. The fourth-order valence-electron chi connectivity index (χ4n) is 2.13. The molecule has 0 N–H and O–H groups in total. The lowest BCUT2D eigenvalue weighted by atomic mass is 10.2. The molecular weight excluding hydrogens is 304 g/mol. The van der Waals surface area contributed by atoms with E-state index in [9.17, 15) is 0 Å². The molecule has 0 bridgehead atoms. The summed E-state index contributed by atoms with van der Waals surface area (Å²) >= 11 is 0. The van der Waals surface area contributed by atoms with Gasteiger partial charge in [-0.3, -0.25) is 0 Å². The van der Waals surface area contributed by atoms with Gasteiger partial charge in [0.1, 0.15) is 0 Å². The molecule has 0 aliphatic rings. The molecule has 22 heavy (non-hydrogen) atoms. The summed E-state index contributed by atoms with van der Waals surface area (Å²) in [5, 5.41) is 0.280. The summed E-state index contributed by atoms with van der Waals surface area (Å²) in [6.45, 7) is 19.8. The molecule has 0 unspecified atom stereocenters. The van der Waals surface area contributed by atoms with Gasteiger partial charge in [-0.25, -0.2) is 0 Å². The van der Waals surface area contributed by atoms with E-state index in [0.717, 1.165) is 26.1 Å². The Morgan fingerprint density at radius 1 is 0.773 bits per heavy atom. The Labute approximate surface area is 141 Å².